The fraction of sp³-hybridized carbons (Fsp3) is 0.471. The summed E-state index contributed by atoms with van der Waals surface area (Å²) >= 11 is 2.63. The van der Waals surface area contributed by atoms with Gasteiger partial charge in [0.25, 0.3) is 0 Å². The van der Waals surface area contributed by atoms with E-state index in [0.29, 0.717) is 0 Å². The Balaban J connectivity index is 1.29. The third-order valence-electron chi connectivity index (χ3n) is 8.52. The minimum absolute atomic E-state index is 0.0449. The van der Waals surface area contributed by atoms with Crippen LogP contribution in [0.1, 0.15) is 38.8 Å². The first kappa shape index (κ1) is 37.1. The number of amides is 4. The van der Waals surface area contributed by atoms with Gasteiger partial charge in [0.2, 0.25) is 23.6 Å². The van der Waals surface area contributed by atoms with Gasteiger partial charge in [-0.3, -0.25) is 39.4 Å². The van der Waals surface area contributed by atoms with Gasteiger partial charge in [-0.15, -0.1) is 23.5 Å². The number of benzene rings is 2. The third kappa shape index (κ3) is 9.04. The molecule has 0 unspecified atom stereocenters. The molecule has 4 rings (SSSR count). The molecule has 4 amide bonds. The quantitative estimate of drug-likeness (QED) is 0.114. The number of ketones is 2. The smallest absolute Gasteiger partial charge is 0.238 e. The SMILES string of the molecule is CC1(C)S[C@H]([C@@H](C(N)=O)C(=O)Cc2ccccc2)N[C@H]1C(=O)NCCNC(=O)[C@@H]1N[C@@H]([C@@H](C(N)=O)C(=O)Cc2ccccc2)SC1(C)C. The number of thioether (sulfide) groups is 2. The minimum Gasteiger partial charge on any atom is -0.369 e. The fourth-order valence-corrected chi connectivity index (χ4v) is 9.23. The average Bonchev–Trinajstić information content (AvgIpc) is 3.49. The molecule has 0 aromatic heterocycles. The van der Waals surface area contributed by atoms with E-state index in [2.05, 4.69) is 21.3 Å². The zero-order valence-electron chi connectivity index (χ0n) is 27.5. The van der Waals surface area contributed by atoms with E-state index in [1.165, 1.54) is 23.5 Å². The van der Waals surface area contributed by atoms with Crippen LogP contribution in [0.15, 0.2) is 60.7 Å². The van der Waals surface area contributed by atoms with Gasteiger partial charge in [0.15, 0.2) is 11.6 Å². The molecule has 2 aliphatic rings. The van der Waals surface area contributed by atoms with Gasteiger partial charge < -0.3 is 22.1 Å². The molecule has 12 nitrogen and oxygen atoms in total. The first-order valence-corrected chi connectivity index (χ1v) is 17.5. The summed E-state index contributed by atoms with van der Waals surface area (Å²) < 4.78 is -1.34. The number of nitrogens with one attached hydrogen (secondary N) is 4. The Morgan fingerprint density at radius 3 is 1.29 bits per heavy atom. The molecule has 2 fully saturated rings. The van der Waals surface area contributed by atoms with Gasteiger partial charge in [0.1, 0.15) is 23.9 Å². The van der Waals surface area contributed by atoms with E-state index in [1.807, 2.05) is 64.1 Å². The van der Waals surface area contributed by atoms with Crippen LogP contribution in [-0.4, -0.2) is 80.6 Å². The molecule has 0 spiro atoms. The van der Waals surface area contributed by atoms with Crippen LogP contribution in [0.4, 0.5) is 0 Å². The van der Waals surface area contributed by atoms with Crippen LogP contribution in [-0.2, 0) is 41.6 Å². The average molecular weight is 697 g/mol. The zero-order chi connectivity index (χ0) is 35.2. The fourth-order valence-electron chi connectivity index (χ4n) is 6.04. The van der Waals surface area contributed by atoms with Crippen LogP contribution in [0.5, 0.6) is 0 Å². The molecule has 2 saturated heterocycles. The van der Waals surface area contributed by atoms with Crippen molar-refractivity contribution < 1.29 is 28.8 Å². The van der Waals surface area contributed by atoms with E-state index in [-0.39, 0.29) is 49.3 Å². The summed E-state index contributed by atoms with van der Waals surface area (Å²) in [6, 6.07) is 16.7. The second-order valence-electron chi connectivity index (χ2n) is 13.1. The van der Waals surface area contributed by atoms with Crippen molar-refractivity contribution in [2.24, 2.45) is 23.3 Å². The monoisotopic (exact) mass is 696 g/mol. The van der Waals surface area contributed by atoms with Crippen molar-refractivity contribution in [3.8, 4) is 0 Å². The number of Topliss-reactive ketones (excluding diaryl/α,β-unsaturated/α-hetero) is 2. The second-order valence-corrected chi connectivity index (χ2v) is 16.7. The van der Waals surface area contributed by atoms with E-state index in [0.717, 1.165) is 11.1 Å². The Labute approximate surface area is 289 Å². The van der Waals surface area contributed by atoms with Crippen molar-refractivity contribution >= 4 is 58.7 Å². The maximum absolute atomic E-state index is 13.2. The van der Waals surface area contributed by atoms with E-state index < -0.39 is 56.0 Å². The van der Waals surface area contributed by atoms with Gasteiger partial charge in [-0.05, 0) is 38.8 Å². The highest BCUT2D eigenvalue weighted by atomic mass is 32.2. The molecule has 8 N–H and O–H groups in total. The minimum atomic E-state index is -1.13. The largest absolute Gasteiger partial charge is 0.369 e. The standard InChI is InChI=1S/C34H44N6O6S2/c1-33(2)25(39-31(47-33)23(27(35)43)21(41)17-19-11-7-5-8-12-19)29(45)37-15-16-38-30(46)26-34(3,4)48-32(40-26)24(28(36)44)22(42)18-20-13-9-6-10-14-20/h5-14,23-26,31-32,39-40H,15-18H2,1-4H3,(H2,35,43)(H2,36,44)(H,37,45)(H,38,46)/t23-,24-,25+,26+,31-,32-/m1/s1. The molecule has 2 aromatic rings. The van der Waals surface area contributed by atoms with E-state index in [1.54, 1.807) is 24.3 Å². The topological polar surface area (TPSA) is 203 Å². The van der Waals surface area contributed by atoms with Crippen molar-refractivity contribution in [2.45, 2.75) is 72.9 Å². The number of hydrogen-bond donors (Lipinski definition) is 6. The van der Waals surface area contributed by atoms with Gasteiger partial charge in [-0.25, -0.2) is 0 Å². The molecule has 258 valence electrons. The predicted octanol–water partition coefficient (Wildman–Crippen LogP) is 0.665. The Kier molecular flexibility index (Phi) is 12.1. The first-order chi connectivity index (χ1) is 22.6. The van der Waals surface area contributed by atoms with Crippen LogP contribution >= 0.6 is 23.5 Å². The van der Waals surface area contributed by atoms with Gasteiger partial charge in [0, 0.05) is 35.4 Å². The van der Waals surface area contributed by atoms with Gasteiger partial charge in [-0.2, -0.15) is 0 Å². The first-order valence-electron chi connectivity index (χ1n) is 15.8. The molecular weight excluding hydrogens is 653 g/mol. The summed E-state index contributed by atoms with van der Waals surface area (Å²) in [6.07, 6.45) is 0.0898. The van der Waals surface area contributed by atoms with Crippen molar-refractivity contribution in [3.05, 3.63) is 71.8 Å². The lowest BCUT2D eigenvalue weighted by molar-refractivity contribution is -0.134. The van der Waals surface area contributed by atoms with Gasteiger partial charge in [0.05, 0.1) is 10.7 Å². The summed E-state index contributed by atoms with van der Waals surface area (Å²) in [5, 5.41) is 10.6. The van der Waals surface area contributed by atoms with Crippen LogP contribution in [0, 0.1) is 11.8 Å². The summed E-state index contributed by atoms with van der Waals surface area (Å²) in [6.45, 7) is 7.63. The summed E-state index contributed by atoms with van der Waals surface area (Å²) in [5.74, 6) is -5.12. The zero-order valence-corrected chi connectivity index (χ0v) is 29.1. The lowest BCUT2D eigenvalue weighted by Crippen LogP contribution is -2.55. The second kappa shape index (κ2) is 15.7. The van der Waals surface area contributed by atoms with Crippen LogP contribution < -0.4 is 32.7 Å². The Morgan fingerprint density at radius 2 is 0.979 bits per heavy atom. The molecule has 2 aromatic carbocycles. The van der Waals surface area contributed by atoms with Crippen molar-refractivity contribution in [1.29, 1.82) is 0 Å². The molecule has 0 bridgehead atoms. The van der Waals surface area contributed by atoms with Crippen molar-refractivity contribution in [1.82, 2.24) is 21.3 Å². The van der Waals surface area contributed by atoms with Crippen LogP contribution in [0.3, 0.4) is 0 Å². The summed E-state index contributed by atoms with van der Waals surface area (Å²) in [4.78, 5) is 77.5. The molecule has 48 heavy (non-hydrogen) atoms. The molecule has 0 saturated carbocycles. The molecule has 14 heteroatoms. The normalized spacial score (nSPS) is 23.8. The molecule has 0 aliphatic carbocycles. The van der Waals surface area contributed by atoms with Gasteiger partial charge in [-0.1, -0.05) is 60.7 Å². The van der Waals surface area contributed by atoms with Gasteiger partial charge >= 0.3 is 0 Å². The maximum atomic E-state index is 13.2. The molecular formula is C34H44N6O6S2. The van der Waals surface area contributed by atoms with Crippen LogP contribution in [0.25, 0.3) is 0 Å². The molecule has 2 heterocycles. The van der Waals surface area contributed by atoms with Crippen molar-refractivity contribution in [2.75, 3.05) is 13.1 Å². The summed E-state index contributed by atoms with van der Waals surface area (Å²) in [7, 11) is 0. The Morgan fingerprint density at radius 1 is 0.646 bits per heavy atom. The van der Waals surface area contributed by atoms with E-state index in [4.69, 9.17) is 11.5 Å². The number of hydrogen-bond acceptors (Lipinski definition) is 10. The predicted molar refractivity (Wildman–Crippen MR) is 186 cm³/mol. The Bertz CT molecular complexity index is 1410. The number of primary amides is 2. The third-order valence-corrected chi connectivity index (χ3v) is 11.5. The highest BCUT2D eigenvalue weighted by Crippen LogP contribution is 2.42. The molecule has 2 aliphatic heterocycles. The van der Waals surface area contributed by atoms with Crippen molar-refractivity contribution in [3.63, 3.8) is 0 Å². The lowest BCUT2D eigenvalue weighted by Gasteiger charge is -2.25. The summed E-state index contributed by atoms with van der Waals surface area (Å²) in [5.41, 5.74) is 12.9. The number of carbonyl (C=O) groups excluding carboxylic acids is 6. The highest BCUT2D eigenvalue weighted by molar-refractivity contribution is 8.01. The van der Waals surface area contributed by atoms with E-state index in [9.17, 15) is 28.8 Å². The lowest BCUT2D eigenvalue weighted by atomic mass is 9.95. The highest BCUT2D eigenvalue weighted by Gasteiger charge is 2.51. The number of nitrogens with two attached hydrogens (primary N) is 2. The number of rotatable bonds is 15. The Hall–Kier alpha value is -3.72. The maximum Gasteiger partial charge on any atom is 0.238 e. The molecule has 6 atom stereocenters. The van der Waals surface area contributed by atoms with Crippen LogP contribution in [0.2, 0.25) is 0 Å². The number of carbonyl (C=O) groups is 6. The van der Waals surface area contributed by atoms with E-state index >= 15 is 0 Å². The molecule has 0 radical (unpaired) electrons.